The summed E-state index contributed by atoms with van der Waals surface area (Å²) >= 11 is 0. The summed E-state index contributed by atoms with van der Waals surface area (Å²) in [6, 6.07) is 6.11. The number of fused-ring (bicyclic) bond motifs is 3. The first-order valence-corrected chi connectivity index (χ1v) is 9.50. The van der Waals surface area contributed by atoms with Crippen molar-refractivity contribution in [2.45, 2.75) is 45.6 Å². The SMILES string of the molecule is Cc1nc(/C=N/OCC(=O)NC(C)C2CC3CCC2C3)c2ccccn12. The summed E-state index contributed by atoms with van der Waals surface area (Å²) in [4.78, 5) is 21.8. The molecule has 0 aromatic carbocycles. The second kappa shape index (κ2) is 7.09. The van der Waals surface area contributed by atoms with Gasteiger partial charge in [-0.15, -0.1) is 0 Å². The average Bonchev–Trinajstić information content (AvgIpc) is 3.34. The highest BCUT2D eigenvalue weighted by molar-refractivity contribution is 5.87. The van der Waals surface area contributed by atoms with Crippen LogP contribution in [0.1, 0.15) is 44.1 Å². The van der Waals surface area contributed by atoms with Gasteiger partial charge in [-0.05, 0) is 63.0 Å². The molecule has 1 amide bonds. The Morgan fingerprint density at radius 2 is 2.35 bits per heavy atom. The molecular formula is C20H26N4O2. The van der Waals surface area contributed by atoms with Gasteiger partial charge in [0.05, 0.1) is 11.7 Å². The first kappa shape index (κ1) is 17.1. The number of hydrogen-bond donors (Lipinski definition) is 1. The van der Waals surface area contributed by atoms with Crippen LogP contribution in [0, 0.1) is 24.7 Å². The summed E-state index contributed by atoms with van der Waals surface area (Å²) in [5, 5.41) is 7.01. The van der Waals surface area contributed by atoms with Crippen LogP contribution in [0.3, 0.4) is 0 Å². The highest BCUT2D eigenvalue weighted by Gasteiger charge is 2.42. The van der Waals surface area contributed by atoms with Gasteiger partial charge < -0.3 is 14.6 Å². The van der Waals surface area contributed by atoms with E-state index in [9.17, 15) is 4.79 Å². The lowest BCUT2D eigenvalue weighted by atomic mass is 9.84. The maximum absolute atomic E-state index is 12.1. The molecule has 2 saturated carbocycles. The zero-order chi connectivity index (χ0) is 18.1. The molecular weight excluding hydrogens is 328 g/mol. The molecule has 2 bridgehead atoms. The molecule has 0 spiro atoms. The lowest BCUT2D eigenvalue weighted by Crippen LogP contribution is -2.41. The molecule has 0 radical (unpaired) electrons. The van der Waals surface area contributed by atoms with Crippen LogP contribution in [-0.4, -0.2) is 34.2 Å². The van der Waals surface area contributed by atoms with Crippen LogP contribution in [0.25, 0.3) is 5.52 Å². The van der Waals surface area contributed by atoms with Crippen molar-refractivity contribution in [1.29, 1.82) is 0 Å². The number of pyridine rings is 1. The Morgan fingerprint density at radius 3 is 3.12 bits per heavy atom. The first-order chi connectivity index (χ1) is 12.6. The molecule has 2 aliphatic carbocycles. The summed E-state index contributed by atoms with van der Waals surface area (Å²) in [7, 11) is 0. The van der Waals surface area contributed by atoms with E-state index >= 15 is 0 Å². The normalized spacial score (nSPS) is 25.8. The molecule has 2 aromatic rings. The molecule has 2 aromatic heterocycles. The van der Waals surface area contributed by atoms with E-state index in [1.807, 2.05) is 35.7 Å². The minimum Gasteiger partial charge on any atom is -0.386 e. The number of carbonyl (C=O) groups excluding carboxylic acids is 1. The number of oxime groups is 1. The number of amides is 1. The van der Waals surface area contributed by atoms with Crippen molar-refractivity contribution < 1.29 is 9.63 Å². The van der Waals surface area contributed by atoms with Gasteiger partial charge in [0.25, 0.3) is 5.91 Å². The maximum Gasteiger partial charge on any atom is 0.260 e. The molecule has 26 heavy (non-hydrogen) atoms. The molecule has 0 saturated heterocycles. The van der Waals surface area contributed by atoms with Gasteiger partial charge in [0.2, 0.25) is 0 Å². The van der Waals surface area contributed by atoms with Gasteiger partial charge in [-0.2, -0.15) is 0 Å². The maximum atomic E-state index is 12.1. The molecule has 2 fully saturated rings. The second-order valence-corrected chi connectivity index (χ2v) is 7.70. The molecule has 4 rings (SSSR count). The highest BCUT2D eigenvalue weighted by Crippen LogP contribution is 2.49. The number of imidazole rings is 1. The largest absolute Gasteiger partial charge is 0.386 e. The van der Waals surface area contributed by atoms with Crippen LogP contribution in [0.4, 0.5) is 0 Å². The molecule has 4 unspecified atom stereocenters. The molecule has 138 valence electrons. The lowest BCUT2D eigenvalue weighted by Gasteiger charge is -2.28. The van der Waals surface area contributed by atoms with E-state index in [-0.39, 0.29) is 18.6 Å². The van der Waals surface area contributed by atoms with Crippen LogP contribution in [-0.2, 0) is 9.63 Å². The number of nitrogens with one attached hydrogen (secondary N) is 1. The predicted octanol–water partition coefficient (Wildman–Crippen LogP) is 2.93. The second-order valence-electron chi connectivity index (χ2n) is 7.70. The summed E-state index contributed by atoms with van der Waals surface area (Å²) in [5.41, 5.74) is 1.70. The van der Waals surface area contributed by atoms with Crippen molar-refractivity contribution in [3.8, 4) is 0 Å². The van der Waals surface area contributed by atoms with Crippen LogP contribution >= 0.6 is 0 Å². The predicted molar refractivity (Wildman–Crippen MR) is 100 cm³/mol. The molecule has 1 N–H and O–H groups in total. The quantitative estimate of drug-likeness (QED) is 0.641. The first-order valence-electron chi connectivity index (χ1n) is 9.50. The van der Waals surface area contributed by atoms with Crippen molar-refractivity contribution in [2.75, 3.05) is 6.61 Å². The molecule has 2 heterocycles. The molecule has 6 heteroatoms. The van der Waals surface area contributed by atoms with Gasteiger partial charge in [-0.25, -0.2) is 4.98 Å². The molecule has 4 atom stereocenters. The molecule has 2 aliphatic rings. The van der Waals surface area contributed by atoms with Crippen molar-refractivity contribution in [3.63, 3.8) is 0 Å². The van der Waals surface area contributed by atoms with Gasteiger partial charge in [-0.3, -0.25) is 4.79 Å². The van der Waals surface area contributed by atoms with Gasteiger partial charge in [-0.1, -0.05) is 17.6 Å². The number of aryl methyl sites for hydroxylation is 1. The zero-order valence-electron chi connectivity index (χ0n) is 15.4. The fourth-order valence-corrected chi connectivity index (χ4v) is 4.81. The van der Waals surface area contributed by atoms with Crippen LogP contribution in [0.5, 0.6) is 0 Å². The summed E-state index contributed by atoms with van der Waals surface area (Å²) in [5.74, 6) is 3.09. The minimum absolute atomic E-state index is 0.0631. The van der Waals surface area contributed by atoms with E-state index in [2.05, 4.69) is 22.4 Å². The Labute approximate surface area is 153 Å². The number of rotatable bonds is 6. The minimum atomic E-state index is -0.108. The van der Waals surface area contributed by atoms with Gasteiger partial charge >= 0.3 is 0 Å². The Bertz CT molecular complexity index is 828. The standard InChI is InChI=1S/C20H26N4O2/c1-13(17-10-15-6-7-16(17)9-15)22-20(25)12-26-21-11-18-19-5-3-4-8-24(19)14(2)23-18/h3-5,8,11,13,15-17H,6-7,9-10,12H2,1-2H3,(H,22,25)/b21-11+. The zero-order valence-corrected chi connectivity index (χ0v) is 15.4. The van der Waals surface area contributed by atoms with Crippen LogP contribution < -0.4 is 5.32 Å². The number of carbonyl (C=O) groups is 1. The van der Waals surface area contributed by atoms with E-state index in [1.54, 1.807) is 6.21 Å². The van der Waals surface area contributed by atoms with E-state index in [0.29, 0.717) is 5.92 Å². The van der Waals surface area contributed by atoms with Gasteiger partial charge in [0.1, 0.15) is 11.5 Å². The van der Waals surface area contributed by atoms with Crippen molar-refractivity contribution in [1.82, 2.24) is 14.7 Å². The number of hydrogen-bond acceptors (Lipinski definition) is 4. The van der Waals surface area contributed by atoms with Gasteiger partial charge in [0.15, 0.2) is 6.61 Å². The number of nitrogens with zero attached hydrogens (tertiary/aromatic N) is 3. The molecule has 0 aliphatic heterocycles. The third kappa shape index (κ3) is 3.32. The third-order valence-electron chi connectivity index (χ3n) is 6.02. The fourth-order valence-electron chi connectivity index (χ4n) is 4.81. The van der Waals surface area contributed by atoms with E-state index in [0.717, 1.165) is 28.9 Å². The third-order valence-corrected chi connectivity index (χ3v) is 6.02. The Hall–Kier alpha value is -2.37. The van der Waals surface area contributed by atoms with Crippen LogP contribution in [0.2, 0.25) is 0 Å². The van der Waals surface area contributed by atoms with Gasteiger partial charge in [0, 0.05) is 12.2 Å². The topological polar surface area (TPSA) is 68.0 Å². The Balaban J connectivity index is 1.27. The van der Waals surface area contributed by atoms with E-state index in [4.69, 9.17) is 4.84 Å². The van der Waals surface area contributed by atoms with E-state index < -0.39 is 0 Å². The van der Waals surface area contributed by atoms with Crippen molar-refractivity contribution in [3.05, 3.63) is 35.9 Å². The summed E-state index contributed by atoms with van der Waals surface area (Å²) in [6.07, 6.45) is 8.84. The highest BCUT2D eigenvalue weighted by atomic mass is 16.6. The average molecular weight is 354 g/mol. The van der Waals surface area contributed by atoms with Crippen molar-refractivity contribution in [2.24, 2.45) is 22.9 Å². The van der Waals surface area contributed by atoms with Crippen molar-refractivity contribution >= 4 is 17.6 Å². The molecule has 6 nitrogen and oxygen atoms in total. The summed E-state index contributed by atoms with van der Waals surface area (Å²) in [6.45, 7) is 3.99. The van der Waals surface area contributed by atoms with Crippen LogP contribution in [0.15, 0.2) is 29.6 Å². The summed E-state index contributed by atoms with van der Waals surface area (Å²) < 4.78 is 1.99. The lowest BCUT2D eigenvalue weighted by molar-refractivity contribution is -0.126. The fraction of sp³-hybridized carbons (Fsp3) is 0.550. The Morgan fingerprint density at radius 1 is 1.46 bits per heavy atom. The monoisotopic (exact) mass is 354 g/mol. The Kier molecular flexibility index (Phi) is 4.66. The number of aromatic nitrogens is 2. The van der Waals surface area contributed by atoms with E-state index in [1.165, 1.54) is 25.7 Å². The smallest absolute Gasteiger partial charge is 0.260 e.